The molecule has 2 aromatic rings. The maximum absolute atomic E-state index is 13.1. The molecule has 1 aliphatic carbocycles. The van der Waals surface area contributed by atoms with Crippen molar-refractivity contribution < 1.29 is 63.1 Å². The van der Waals surface area contributed by atoms with Gasteiger partial charge in [-0.2, -0.15) is 0 Å². The van der Waals surface area contributed by atoms with E-state index >= 15 is 0 Å². The van der Waals surface area contributed by atoms with E-state index in [1.807, 2.05) is 6.92 Å². The van der Waals surface area contributed by atoms with Crippen molar-refractivity contribution in [3.05, 3.63) is 70.8 Å². The Bertz CT molecular complexity index is 1570. The molecule has 0 aromatic heterocycles. The first-order valence-electron chi connectivity index (χ1n) is 18.1. The highest BCUT2D eigenvalue weighted by molar-refractivity contribution is 5.95. The zero-order valence-electron chi connectivity index (χ0n) is 31.2. The molecule has 4 rings (SSSR count). The smallest absolute Gasteiger partial charge is 0.349 e. The van der Waals surface area contributed by atoms with E-state index < -0.39 is 60.2 Å². The Morgan fingerprint density at radius 2 is 1.26 bits per heavy atom. The van der Waals surface area contributed by atoms with Gasteiger partial charge in [-0.05, 0) is 83.6 Å². The third-order valence-electron chi connectivity index (χ3n) is 9.40. The fourth-order valence-electron chi connectivity index (χ4n) is 6.62. The number of carbonyl (C=O) groups excluding carboxylic acids is 4. The maximum Gasteiger partial charge on any atom is 0.349 e. The van der Waals surface area contributed by atoms with Crippen molar-refractivity contribution >= 4 is 41.7 Å². The average molecular weight is 755 g/mol. The topological polar surface area (TPSA) is 223 Å². The van der Waals surface area contributed by atoms with Gasteiger partial charge in [0.1, 0.15) is 12.1 Å². The second-order valence-electron chi connectivity index (χ2n) is 13.5. The van der Waals surface area contributed by atoms with Crippen LogP contribution in [0.15, 0.2) is 48.5 Å². The van der Waals surface area contributed by atoms with Crippen molar-refractivity contribution in [3.63, 3.8) is 0 Å². The van der Waals surface area contributed by atoms with Gasteiger partial charge in [0.25, 0.3) is 0 Å². The summed E-state index contributed by atoms with van der Waals surface area (Å²) in [5.41, 5.74) is 1.79. The molecule has 0 bridgehead atoms. The van der Waals surface area contributed by atoms with Gasteiger partial charge in [0.2, 0.25) is 18.1 Å². The second kappa shape index (κ2) is 20.2. The van der Waals surface area contributed by atoms with Gasteiger partial charge in [-0.1, -0.05) is 61.6 Å². The first-order valence-corrected chi connectivity index (χ1v) is 18.1. The third-order valence-corrected chi connectivity index (χ3v) is 9.40. The number of likely N-dealkylation sites (tertiary alicyclic amines) is 1. The standard InChI is InChI=1S/C20H18O8.C19H32N2O5/c1-11-3-7-13(8-4-11)19(25)27-15(17(21)22)16(18(23)24)28-20(26)14-9-5-12(2)6-10-14;1-4-8-14(19(25)26-5-2)20-12(3)17(22)21-15-10-7-6-9-13(15)11-16(21)18(23)24/h3-10,15-16H,1-2H3,(H,21,22)(H,23,24);12-16,20H,4-11H2,1-3H3,(H,23,24)/t15-,16-;12-,13-,14-,15-,16-/m10/s1. The lowest BCUT2D eigenvalue weighted by Crippen LogP contribution is -2.55. The fourth-order valence-corrected chi connectivity index (χ4v) is 6.62. The highest BCUT2D eigenvalue weighted by Gasteiger charge is 2.48. The molecule has 1 saturated heterocycles. The minimum absolute atomic E-state index is 0.00817. The monoisotopic (exact) mass is 754 g/mol. The zero-order valence-corrected chi connectivity index (χ0v) is 31.2. The number of ether oxygens (including phenoxy) is 3. The van der Waals surface area contributed by atoms with E-state index in [0.29, 0.717) is 19.4 Å². The van der Waals surface area contributed by atoms with E-state index in [1.165, 1.54) is 24.3 Å². The Balaban J connectivity index is 0.000000291. The van der Waals surface area contributed by atoms with Gasteiger partial charge in [0, 0.05) is 6.04 Å². The predicted molar refractivity (Wildman–Crippen MR) is 193 cm³/mol. The van der Waals surface area contributed by atoms with E-state index in [0.717, 1.165) is 43.2 Å². The molecular weight excluding hydrogens is 704 g/mol. The van der Waals surface area contributed by atoms with Crippen molar-refractivity contribution in [2.24, 2.45) is 5.92 Å². The fraction of sp³-hybridized carbons (Fsp3) is 0.513. The van der Waals surface area contributed by atoms with Crippen molar-refractivity contribution in [1.29, 1.82) is 0 Å². The average Bonchev–Trinajstić information content (AvgIpc) is 3.53. The lowest BCUT2D eigenvalue weighted by Gasteiger charge is -2.35. The predicted octanol–water partition coefficient (Wildman–Crippen LogP) is 4.16. The van der Waals surface area contributed by atoms with Crippen LogP contribution >= 0.6 is 0 Å². The van der Waals surface area contributed by atoms with E-state index in [9.17, 15) is 48.9 Å². The van der Waals surface area contributed by atoms with Crippen molar-refractivity contribution in [2.45, 2.75) is 116 Å². The quantitative estimate of drug-likeness (QED) is 0.148. The van der Waals surface area contributed by atoms with Crippen LogP contribution < -0.4 is 5.32 Å². The summed E-state index contributed by atoms with van der Waals surface area (Å²) >= 11 is 0. The number of hydrogen-bond acceptors (Lipinski definition) is 11. The Labute approximate surface area is 313 Å². The largest absolute Gasteiger partial charge is 0.480 e. The number of benzene rings is 2. The Kier molecular flexibility index (Phi) is 16.1. The van der Waals surface area contributed by atoms with Crippen LogP contribution in [-0.4, -0.2) is 105 Å². The number of aliphatic carboxylic acids is 3. The zero-order chi connectivity index (χ0) is 40.1. The molecule has 2 aliphatic rings. The summed E-state index contributed by atoms with van der Waals surface area (Å²) in [6.07, 6.45) is 1.43. The SMILES string of the molecule is CCC[C@H](N[C@@H](C)C(=O)N1[C@H](C(=O)O)C[C@@H]2CCCC[C@@H]21)C(=O)OCC.Cc1ccc(C(=O)O[C@@H](C(=O)O)[C@@H](OC(=O)c2ccc(C)cc2)C(=O)O)cc1. The van der Waals surface area contributed by atoms with Gasteiger partial charge in [-0.15, -0.1) is 0 Å². The molecule has 7 atom stereocenters. The molecule has 0 radical (unpaired) electrons. The number of aryl methyl sites for hydroxylation is 2. The van der Waals surface area contributed by atoms with E-state index in [1.54, 1.807) is 56.9 Å². The number of carbonyl (C=O) groups is 7. The molecule has 2 fully saturated rings. The Hall–Kier alpha value is -5.31. The molecule has 2 aromatic carbocycles. The van der Waals surface area contributed by atoms with E-state index in [-0.39, 0.29) is 35.0 Å². The Morgan fingerprint density at radius 1 is 0.778 bits per heavy atom. The second-order valence-corrected chi connectivity index (χ2v) is 13.5. The van der Waals surface area contributed by atoms with Crippen LogP contribution in [-0.2, 0) is 38.2 Å². The number of rotatable bonds is 15. The molecule has 15 heteroatoms. The first-order chi connectivity index (χ1) is 25.6. The number of fused-ring (bicyclic) bond motifs is 1. The molecule has 1 amide bonds. The summed E-state index contributed by atoms with van der Waals surface area (Å²) in [4.78, 5) is 85.8. The number of carboxylic acid groups (broad SMARTS) is 3. The van der Waals surface area contributed by atoms with Crippen LogP contribution in [0.2, 0.25) is 0 Å². The highest BCUT2D eigenvalue weighted by atomic mass is 16.6. The molecular formula is C39H50N2O13. The van der Waals surface area contributed by atoms with Crippen LogP contribution in [0.25, 0.3) is 0 Å². The van der Waals surface area contributed by atoms with Gasteiger partial charge < -0.3 is 34.4 Å². The minimum atomic E-state index is -2.22. The molecule has 0 unspecified atom stereocenters. The lowest BCUT2D eigenvalue weighted by molar-refractivity contribution is -0.166. The van der Waals surface area contributed by atoms with Crippen molar-refractivity contribution in [2.75, 3.05) is 6.61 Å². The van der Waals surface area contributed by atoms with E-state index in [4.69, 9.17) is 14.2 Å². The molecule has 1 aliphatic heterocycles. The lowest BCUT2D eigenvalue weighted by atomic mass is 9.84. The van der Waals surface area contributed by atoms with Crippen LogP contribution in [0.3, 0.4) is 0 Å². The molecule has 0 spiro atoms. The number of nitrogens with zero attached hydrogens (tertiary/aromatic N) is 1. The van der Waals surface area contributed by atoms with Crippen molar-refractivity contribution in [3.8, 4) is 0 Å². The Morgan fingerprint density at radius 3 is 1.69 bits per heavy atom. The summed E-state index contributed by atoms with van der Waals surface area (Å²) in [6.45, 7) is 9.30. The van der Waals surface area contributed by atoms with Crippen molar-refractivity contribution in [1.82, 2.24) is 10.2 Å². The van der Waals surface area contributed by atoms with Crippen LogP contribution in [0.4, 0.5) is 0 Å². The summed E-state index contributed by atoms with van der Waals surface area (Å²) in [5.74, 6) is -6.87. The molecule has 15 nitrogen and oxygen atoms in total. The molecule has 1 saturated carbocycles. The van der Waals surface area contributed by atoms with Gasteiger partial charge in [-0.3, -0.25) is 14.9 Å². The van der Waals surface area contributed by atoms with Crippen LogP contribution in [0.5, 0.6) is 0 Å². The number of esters is 3. The number of carboxylic acids is 3. The molecule has 4 N–H and O–H groups in total. The minimum Gasteiger partial charge on any atom is -0.480 e. The van der Waals surface area contributed by atoms with Gasteiger partial charge in [0.15, 0.2) is 0 Å². The number of hydrogen-bond donors (Lipinski definition) is 4. The highest BCUT2D eigenvalue weighted by Crippen LogP contribution is 2.40. The van der Waals surface area contributed by atoms with Crippen LogP contribution in [0, 0.1) is 19.8 Å². The van der Waals surface area contributed by atoms with E-state index in [2.05, 4.69) is 5.32 Å². The normalized spacial score (nSPS) is 19.7. The maximum atomic E-state index is 13.1. The van der Waals surface area contributed by atoms with Crippen LogP contribution in [0.1, 0.15) is 97.6 Å². The summed E-state index contributed by atoms with van der Waals surface area (Å²) in [5, 5.41) is 31.3. The summed E-state index contributed by atoms with van der Waals surface area (Å²) < 4.78 is 14.7. The van der Waals surface area contributed by atoms with Gasteiger partial charge in [0.05, 0.1) is 23.8 Å². The molecule has 54 heavy (non-hydrogen) atoms. The summed E-state index contributed by atoms with van der Waals surface area (Å²) in [6, 6.07) is 10.1. The van der Waals surface area contributed by atoms with Gasteiger partial charge >= 0.3 is 35.8 Å². The molecule has 294 valence electrons. The molecule has 1 heterocycles. The van der Waals surface area contributed by atoms with Gasteiger partial charge in [-0.25, -0.2) is 24.0 Å². The first kappa shape index (κ1) is 43.1. The number of amides is 1. The number of nitrogens with one attached hydrogen (secondary N) is 1. The summed E-state index contributed by atoms with van der Waals surface area (Å²) in [7, 11) is 0. The third kappa shape index (κ3) is 11.6.